The van der Waals surface area contributed by atoms with Gasteiger partial charge in [0, 0.05) is 37.9 Å². The number of hydrogen-bond acceptors (Lipinski definition) is 3. The highest BCUT2D eigenvalue weighted by Gasteiger charge is 2.22. The predicted octanol–water partition coefficient (Wildman–Crippen LogP) is 3.19. The Labute approximate surface area is 144 Å². The van der Waals surface area contributed by atoms with Gasteiger partial charge in [-0.3, -0.25) is 0 Å². The third kappa shape index (κ3) is 3.69. The summed E-state index contributed by atoms with van der Waals surface area (Å²) in [6, 6.07) is 12.4. The Balaban J connectivity index is 1.61. The van der Waals surface area contributed by atoms with Gasteiger partial charge in [-0.1, -0.05) is 12.1 Å². The van der Waals surface area contributed by atoms with E-state index < -0.39 is 11.6 Å². The van der Waals surface area contributed by atoms with Crippen LogP contribution < -0.4 is 10.2 Å². The Morgan fingerprint density at radius 3 is 2.44 bits per heavy atom. The van der Waals surface area contributed by atoms with Crippen LogP contribution in [0.15, 0.2) is 42.5 Å². The molecule has 0 spiro atoms. The molecule has 1 aliphatic rings. The number of hydrogen-bond donors (Lipinski definition) is 1. The molecule has 7 heteroatoms. The lowest BCUT2D eigenvalue weighted by molar-refractivity contribution is 0.208. The number of rotatable bonds is 2. The van der Waals surface area contributed by atoms with Crippen LogP contribution >= 0.6 is 0 Å². The van der Waals surface area contributed by atoms with Crippen molar-refractivity contribution in [1.82, 2.24) is 4.90 Å². The zero-order chi connectivity index (χ0) is 17.8. The molecule has 0 atom stereocenters. The van der Waals surface area contributed by atoms with Gasteiger partial charge in [0.2, 0.25) is 0 Å². The molecular weight excluding hydrogens is 326 g/mol. The average molecular weight is 342 g/mol. The van der Waals surface area contributed by atoms with Gasteiger partial charge in [-0.25, -0.2) is 13.6 Å². The van der Waals surface area contributed by atoms with E-state index in [0.29, 0.717) is 31.7 Å². The number of amides is 2. The lowest BCUT2D eigenvalue weighted by Crippen LogP contribution is -2.50. The first-order chi connectivity index (χ1) is 12.1. The Hall–Kier alpha value is -3.14. The zero-order valence-electron chi connectivity index (χ0n) is 13.4. The fourth-order valence-electron chi connectivity index (χ4n) is 2.77. The first kappa shape index (κ1) is 16.7. The van der Waals surface area contributed by atoms with Gasteiger partial charge >= 0.3 is 6.03 Å². The first-order valence-corrected chi connectivity index (χ1v) is 7.83. The van der Waals surface area contributed by atoms with Gasteiger partial charge in [0.25, 0.3) is 0 Å². The summed E-state index contributed by atoms with van der Waals surface area (Å²) in [6.07, 6.45) is 0. The number of benzene rings is 2. The predicted molar refractivity (Wildman–Crippen MR) is 90.3 cm³/mol. The van der Waals surface area contributed by atoms with Gasteiger partial charge in [-0.15, -0.1) is 0 Å². The van der Waals surface area contributed by atoms with Crippen molar-refractivity contribution in [2.24, 2.45) is 0 Å². The van der Waals surface area contributed by atoms with E-state index in [0.717, 1.165) is 17.8 Å². The van der Waals surface area contributed by atoms with Crippen LogP contribution in [0.5, 0.6) is 0 Å². The highest BCUT2D eigenvalue weighted by Crippen LogP contribution is 2.21. The highest BCUT2D eigenvalue weighted by atomic mass is 19.2. The topological polar surface area (TPSA) is 59.4 Å². The second kappa shape index (κ2) is 7.18. The largest absolute Gasteiger partial charge is 0.367 e. The van der Waals surface area contributed by atoms with E-state index in [1.54, 1.807) is 11.0 Å². The molecule has 0 radical (unpaired) electrons. The standard InChI is InChI=1S/C18H16F2N4O/c19-15-6-5-14(11-16(15)20)22-18(25)24-9-7-23(8-10-24)17-4-2-1-3-13(17)12-21/h1-6,11H,7-10H2,(H,22,25). The Kier molecular flexibility index (Phi) is 4.80. The number of halogens is 2. The molecule has 2 amide bonds. The van der Waals surface area contributed by atoms with Crippen molar-refractivity contribution in [2.75, 3.05) is 36.4 Å². The molecule has 1 aliphatic heterocycles. The molecule has 0 bridgehead atoms. The lowest BCUT2D eigenvalue weighted by Gasteiger charge is -2.36. The van der Waals surface area contributed by atoms with Crippen molar-refractivity contribution < 1.29 is 13.6 Å². The van der Waals surface area contributed by atoms with Crippen LogP contribution in [0, 0.1) is 23.0 Å². The Morgan fingerprint density at radius 2 is 1.76 bits per heavy atom. The summed E-state index contributed by atoms with van der Waals surface area (Å²) in [7, 11) is 0. The van der Waals surface area contributed by atoms with Gasteiger partial charge in [0.05, 0.1) is 11.3 Å². The van der Waals surface area contributed by atoms with E-state index in [2.05, 4.69) is 16.3 Å². The van der Waals surface area contributed by atoms with Crippen molar-refractivity contribution in [3.63, 3.8) is 0 Å². The smallest absolute Gasteiger partial charge is 0.321 e. The van der Waals surface area contributed by atoms with Crippen LogP contribution in [0.4, 0.5) is 25.0 Å². The molecule has 5 nitrogen and oxygen atoms in total. The van der Waals surface area contributed by atoms with Crippen LogP contribution in [0.3, 0.4) is 0 Å². The molecule has 0 aliphatic carbocycles. The molecule has 0 saturated carbocycles. The third-order valence-corrected chi connectivity index (χ3v) is 4.10. The van der Waals surface area contributed by atoms with E-state index in [-0.39, 0.29) is 11.7 Å². The third-order valence-electron chi connectivity index (χ3n) is 4.10. The Bertz CT molecular complexity index is 826. The van der Waals surface area contributed by atoms with Gasteiger partial charge in [0.15, 0.2) is 11.6 Å². The molecule has 128 valence electrons. The van der Waals surface area contributed by atoms with E-state index >= 15 is 0 Å². The minimum Gasteiger partial charge on any atom is -0.367 e. The number of piperazine rings is 1. The quantitative estimate of drug-likeness (QED) is 0.912. The zero-order valence-corrected chi connectivity index (χ0v) is 13.4. The van der Waals surface area contributed by atoms with E-state index in [4.69, 9.17) is 0 Å². The van der Waals surface area contributed by atoms with Gasteiger partial charge < -0.3 is 15.1 Å². The number of para-hydroxylation sites is 1. The van der Waals surface area contributed by atoms with Crippen molar-refractivity contribution in [3.05, 3.63) is 59.7 Å². The van der Waals surface area contributed by atoms with Crippen molar-refractivity contribution in [2.45, 2.75) is 0 Å². The van der Waals surface area contributed by atoms with Gasteiger partial charge in [-0.05, 0) is 24.3 Å². The highest BCUT2D eigenvalue weighted by molar-refractivity contribution is 5.89. The van der Waals surface area contributed by atoms with E-state index in [9.17, 15) is 18.8 Å². The number of anilines is 2. The molecule has 0 aromatic heterocycles. The molecule has 1 fully saturated rings. The number of nitrogens with one attached hydrogen (secondary N) is 1. The maximum absolute atomic E-state index is 13.2. The van der Waals surface area contributed by atoms with Crippen molar-refractivity contribution >= 4 is 17.4 Å². The number of carbonyl (C=O) groups excluding carboxylic acids is 1. The molecule has 25 heavy (non-hydrogen) atoms. The van der Waals surface area contributed by atoms with Crippen LogP contribution in [0.2, 0.25) is 0 Å². The fourth-order valence-corrected chi connectivity index (χ4v) is 2.77. The van der Waals surface area contributed by atoms with Crippen molar-refractivity contribution in [3.8, 4) is 6.07 Å². The molecule has 1 saturated heterocycles. The first-order valence-electron chi connectivity index (χ1n) is 7.83. The minimum atomic E-state index is -1.00. The van der Waals surface area contributed by atoms with Gasteiger partial charge in [-0.2, -0.15) is 5.26 Å². The minimum absolute atomic E-state index is 0.209. The number of nitriles is 1. The number of nitrogens with zero attached hydrogens (tertiary/aromatic N) is 3. The molecule has 1 heterocycles. The summed E-state index contributed by atoms with van der Waals surface area (Å²) < 4.78 is 26.1. The number of carbonyl (C=O) groups is 1. The summed E-state index contributed by atoms with van der Waals surface area (Å²) in [6.45, 7) is 2.11. The van der Waals surface area contributed by atoms with Crippen LogP contribution in [0.25, 0.3) is 0 Å². The summed E-state index contributed by atoms with van der Waals surface area (Å²) in [5, 5.41) is 11.8. The maximum atomic E-state index is 13.2. The molecule has 1 N–H and O–H groups in total. The fraction of sp³-hybridized carbons (Fsp3) is 0.222. The Morgan fingerprint density at radius 1 is 1.04 bits per heavy atom. The monoisotopic (exact) mass is 342 g/mol. The molecule has 2 aromatic carbocycles. The molecular formula is C18H16F2N4O. The lowest BCUT2D eigenvalue weighted by atomic mass is 10.1. The summed E-state index contributed by atoms with van der Waals surface area (Å²) in [5.74, 6) is -1.96. The van der Waals surface area contributed by atoms with E-state index in [1.165, 1.54) is 6.07 Å². The average Bonchev–Trinajstić information content (AvgIpc) is 2.65. The van der Waals surface area contributed by atoms with E-state index in [1.807, 2.05) is 18.2 Å². The van der Waals surface area contributed by atoms with Gasteiger partial charge in [0.1, 0.15) is 6.07 Å². The number of urea groups is 1. The van der Waals surface area contributed by atoms with Crippen LogP contribution in [-0.2, 0) is 0 Å². The SMILES string of the molecule is N#Cc1ccccc1N1CCN(C(=O)Nc2ccc(F)c(F)c2)CC1. The second-order valence-corrected chi connectivity index (χ2v) is 5.66. The summed E-state index contributed by atoms with van der Waals surface area (Å²) >= 11 is 0. The molecule has 3 rings (SSSR count). The normalized spacial score (nSPS) is 14.1. The van der Waals surface area contributed by atoms with Crippen LogP contribution in [-0.4, -0.2) is 37.1 Å². The maximum Gasteiger partial charge on any atom is 0.321 e. The summed E-state index contributed by atoms with van der Waals surface area (Å²) in [5.41, 5.74) is 1.66. The molecule has 2 aromatic rings. The summed E-state index contributed by atoms with van der Waals surface area (Å²) in [4.78, 5) is 15.9. The van der Waals surface area contributed by atoms with Crippen molar-refractivity contribution in [1.29, 1.82) is 5.26 Å². The second-order valence-electron chi connectivity index (χ2n) is 5.66. The van der Waals surface area contributed by atoms with Crippen LogP contribution in [0.1, 0.15) is 5.56 Å². The molecule has 0 unspecified atom stereocenters.